The van der Waals surface area contributed by atoms with Crippen molar-refractivity contribution in [2.75, 3.05) is 6.54 Å². The third-order valence-electron chi connectivity index (χ3n) is 4.85. The first kappa shape index (κ1) is 17.8. The van der Waals surface area contributed by atoms with Gasteiger partial charge in [-0.1, -0.05) is 32.1 Å². The number of carbonyl (C=O) groups is 1. The number of rotatable bonds is 5. The Labute approximate surface area is 130 Å². The molecule has 2 aliphatic rings. The third kappa shape index (κ3) is 6.01. The van der Waals surface area contributed by atoms with Crippen molar-refractivity contribution in [1.29, 1.82) is 0 Å². The molecule has 2 unspecified atom stereocenters. The lowest BCUT2D eigenvalue weighted by molar-refractivity contribution is -0.122. The van der Waals surface area contributed by atoms with E-state index in [1.165, 1.54) is 44.9 Å². The van der Waals surface area contributed by atoms with E-state index in [0.29, 0.717) is 12.1 Å². The van der Waals surface area contributed by atoms with E-state index in [2.05, 4.69) is 17.6 Å². The number of hydrogen-bond donors (Lipinski definition) is 2. The van der Waals surface area contributed by atoms with Crippen LogP contribution in [0.3, 0.4) is 0 Å². The fraction of sp³-hybridized carbons (Fsp3) is 0.938. The average molecular weight is 303 g/mol. The van der Waals surface area contributed by atoms with Crippen molar-refractivity contribution in [2.24, 2.45) is 5.92 Å². The summed E-state index contributed by atoms with van der Waals surface area (Å²) in [6.45, 7) is 3.27. The smallest absolute Gasteiger partial charge is 0.220 e. The number of nitrogens with one attached hydrogen (secondary N) is 2. The van der Waals surface area contributed by atoms with Crippen LogP contribution in [-0.2, 0) is 4.79 Å². The van der Waals surface area contributed by atoms with Gasteiger partial charge in [0, 0.05) is 18.5 Å². The Morgan fingerprint density at radius 2 is 1.90 bits per heavy atom. The van der Waals surface area contributed by atoms with Crippen molar-refractivity contribution in [3.05, 3.63) is 0 Å². The molecule has 0 bridgehead atoms. The van der Waals surface area contributed by atoms with Crippen LogP contribution in [-0.4, -0.2) is 24.5 Å². The van der Waals surface area contributed by atoms with E-state index < -0.39 is 0 Å². The molecule has 0 aromatic rings. The van der Waals surface area contributed by atoms with Crippen LogP contribution >= 0.6 is 12.4 Å². The molecule has 3 nitrogen and oxygen atoms in total. The van der Waals surface area contributed by atoms with Gasteiger partial charge in [0.2, 0.25) is 5.91 Å². The lowest BCUT2D eigenvalue weighted by Crippen LogP contribution is -2.51. The zero-order valence-corrected chi connectivity index (χ0v) is 13.6. The van der Waals surface area contributed by atoms with E-state index in [0.717, 1.165) is 31.7 Å². The molecular weight excluding hydrogens is 272 g/mol. The third-order valence-corrected chi connectivity index (χ3v) is 4.85. The molecule has 2 atom stereocenters. The van der Waals surface area contributed by atoms with Crippen molar-refractivity contribution < 1.29 is 4.79 Å². The lowest BCUT2D eigenvalue weighted by atomic mass is 9.86. The molecule has 2 N–H and O–H groups in total. The van der Waals surface area contributed by atoms with Gasteiger partial charge < -0.3 is 10.6 Å². The SMILES string of the molecule is CC1NCCCC1NC(=O)CCCC1CCCCC1.Cl. The topological polar surface area (TPSA) is 41.1 Å². The van der Waals surface area contributed by atoms with Gasteiger partial charge in [-0.25, -0.2) is 0 Å². The second kappa shape index (κ2) is 9.62. The van der Waals surface area contributed by atoms with Gasteiger partial charge in [-0.05, 0) is 45.1 Å². The Morgan fingerprint density at radius 3 is 2.60 bits per heavy atom. The minimum Gasteiger partial charge on any atom is -0.352 e. The van der Waals surface area contributed by atoms with Gasteiger partial charge in [0.15, 0.2) is 0 Å². The average Bonchev–Trinajstić information content (AvgIpc) is 2.43. The van der Waals surface area contributed by atoms with Gasteiger partial charge in [0.1, 0.15) is 0 Å². The van der Waals surface area contributed by atoms with Gasteiger partial charge in [-0.3, -0.25) is 4.79 Å². The fourth-order valence-corrected chi connectivity index (χ4v) is 3.55. The molecule has 0 aromatic carbocycles. The quantitative estimate of drug-likeness (QED) is 0.817. The van der Waals surface area contributed by atoms with E-state index in [4.69, 9.17) is 0 Å². The highest BCUT2D eigenvalue weighted by Crippen LogP contribution is 2.27. The molecular formula is C16H31ClN2O. The summed E-state index contributed by atoms with van der Waals surface area (Å²) < 4.78 is 0. The van der Waals surface area contributed by atoms with E-state index >= 15 is 0 Å². The summed E-state index contributed by atoms with van der Waals surface area (Å²) in [5.74, 6) is 1.16. The minimum atomic E-state index is 0. The van der Waals surface area contributed by atoms with E-state index in [1.54, 1.807) is 0 Å². The number of hydrogen-bond acceptors (Lipinski definition) is 2. The standard InChI is InChI=1S/C16H30N2O.ClH/c1-13-15(10-6-12-17-13)18-16(19)11-5-9-14-7-3-2-4-8-14;/h13-15,17H,2-12H2,1H3,(H,18,19);1H. The van der Waals surface area contributed by atoms with Crippen molar-refractivity contribution in [1.82, 2.24) is 10.6 Å². The summed E-state index contributed by atoms with van der Waals surface area (Å²) in [4.78, 5) is 12.0. The fourth-order valence-electron chi connectivity index (χ4n) is 3.55. The van der Waals surface area contributed by atoms with E-state index in [9.17, 15) is 4.79 Å². The zero-order chi connectivity index (χ0) is 13.5. The molecule has 2 rings (SSSR count). The Bertz CT molecular complexity index is 280. The number of carbonyl (C=O) groups excluding carboxylic acids is 1. The molecule has 0 radical (unpaired) electrons. The first-order valence-corrected chi connectivity index (χ1v) is 8.28. The molecule has 2 fully saturated rings. The Kier molecular flexibility index (Phi) is 8.55. The Morgan fingerprint density at radius 1 is 1.15 bits per heavy atom. The highest BCUT2D eigenvalue weighted by molar-refractivity contribution is 5.85. The number of amides is 1. The summed E-state index contributed by atoms with van der Waals surface area (Å²) in [5.41, 5.74) is 0. The van der Waals surface area contributed by atoms with E-state index in [-0.39, 0.29) is 18.3 Å². The van der Waals surface area contributed by atoms with Crippen LogP contribution in [0.25, 0.3) is 0 Å². The van der Waals surface area contributed by atoms with Gasteiger partial charge in [-0.2, -0.15) is 0 Å². The zero-order valence-electron chi connectivity index (χ0n) is 12.8. The molecule has 1 saturated heterocycles. The normalized spacial score (nSPS) is 27.6. The monoisotopic (exact) mass is 302 g/mol. The van der Waals surface area contributed by atoms with Gasteiger partial charge in [0.25, 0.3) is 0 Å². The summed E-state index contributed by atoms with van der Waals surface area (Å²) >= 11 is 0. The van der Waals surface area contributed by atoms with Crippen LogP contribution in [0.4, 0.5) is 0 Å². The highest BCUT2D eigenvalue weighted by Gasteiger charge is 2.22. The maximum absolute atomic E-state index is 12.0. The molecule has 1 aliphatic heterocycles. The lowest BCUT2D eigenvalue weighted by Gasteiger charge is -2.30. The minimum absolute atomic E-state index is 0. The van der Waals surface area contributed by atoms with E-state index in [1.807, 2.05) is 0 Å². The summed E-state index contributed by atoms with van der Waals surface area (Å²) in [6, 6.07) is 0.770. The molecule has 0 aromatic heterocycles. The molecule has 118 valence electrons. The van der Waals surface area contributed by atoms with Gasteiger partial charge >= 0.3 is 0 Å². The Balaban J connectivity index is 0.00000200. The van der Waals surface area contributed by atoms with Crippen LogP contribution in [0.5, 0.6) is 0 Å². The second-order valence-corrected chi connectivity index (χ2v) is 6.46. The number of halogens is 1. The summed E-state index contributed by atoms with van der Waals surface area (Å²) in [6.07, 6.45) is 12.4. The Hall–Kier alpha value is -0.280. The first-order chi connectivity index (χ1) is 9.25. The van der Waals surface area contributed by atoms with Crippen LogP contribution in [0.15, 0.2) is 0 Å². The van der Waals surface area contributed by atoms with Crippen molar-refractivity contribution in [3.8, 4) is 0 Å². The molecule has 1 heterocycles. The first-order valence-electron chi connectivity index (χ1n) is 8.28. The molecule has 0 spiro atoms. The van der Waals surface area contributed by atoms with Gasteiger partial charge in [-0.15, -0.1) is 12.4 Å². The summed E-state index contributed by atoms with van der Waals surface area (Å²) in [5, 5.41) is 6.64. The molecule has 20 heavy (non-hydrogen) atoms. The molecule has 1 amide bonds. The maximum atomic E-state index is 12.0. The predicted molar refractivity (Wildman–Crippen MR) is 86.3 cm³/mol. The predicted octanol–water partition coefficient (Wildman–Crippen LogP) is 3.42. The van der Waals surface area contributed by atoms with Crippen LogP contribution < -0.4 is 10.6 Å². The van der Waals surface area contributed by atoms with Gasteiger partial charge in [0.05, 0.1) is 0 Å². The second-order valence-electron chi connectivity index (χ2n) is 6.46. The van der Waals surface area contributed by atoms with Crippen molar-refractivity contribution in [3.63, 3.8) is 0 Å². The molecule has 1 saturated carbocycles. The van der Waals surface area contributed by atoms with Crippen LogP contribution in [0, 0.1) is 5.92 Å². The largest absolute Gasteiger partial charge is 0.352 e. The van der Waals surface area contributed by atoms with Crippen molar-refractivity contribution >= 4 is 18.3 Å². The maximum Gasteiger partial charge on any atom is 0.220 e. The molecule has 1 aliphatic carbocycles. The van der Waals surface area contributed by atoms with Crippen LogP contribution in [0.1, 0.15) is 71.1 Å². The number of piperidine rings is 1. The highest BCUT2D eigenvalue weighted by atomic mass is 35.5. The van der Waals surface area contributed by atoms with Crippen molar-refractivity contribution in [2.45, 2.75) is 83.2 Å². The van der Waals surface area contributed by atoms with Crippen LogP contribution in [0.2, 0.25) is 0 Å². The molecule has 4 heteroatoms. The summed E-state index contributed by atoms with van der Waals surface area (Å²) in [7, 11) is 0.